The van der Waals surface area contributed by atoms with Crippen LogP contribution in [-0.4, -0.2) is 144 Å². The Morgan fingerprint density at radius 3 is 0.755 bits per heavy atom. The van der Waals surface area contributed by atoms with Gasteiger partial charge in [-0.25, -0.2) is 18.7 Å². The summed E-state index contributed by atoms with van der Waals surface area (Å²) in [5.41, 5.74) is 19.8. The zero-order chi connectivity index (χ0) is 65.8. The van der Waals surface area contributed by atoms with Crippen molar-refractivity contribution in [2.75, 3.05) is 23.0 Å². The average Bonchev–Trinajstić information content (AvgIpc) is 1.64. The third kappa shape index (κ3) is 12.1. The van der Waals surface area contributed by atoms with E-state index in [4.69, 9.17) is 61.2 Å². The highest BCUT2D eigenvalue weighted by Gasteiger charge is 2.30. The summed E-state index contributed by atoms with van der Waals surface area (Å²) in [4.78, 5) is 0. The fourth-order valence-electron chi connectivity index (χ4n) is 11.7. The van der Waals surface area contributed by atoms with E-state index < -0.39 is 0 Å². The smallest absolute Gasteiger partial charge is 0.213 e. The highest BCUT2D eigenvalue weighted by molar-refractivity contribution is 8.01. The van der Waals surface area contributed by atoms with Crippen LogP contribution in [0.2, 0.25) is 0 Å². The Morgan fingerprint density at radius 2 is 0.531 bits per heavy atom. The van der Waals surface area contributed by atoms with Crippen molar-refractivity contribution < 1.29 is 0 Å². The van der Waals surface area contributed by atoms with Gasteiger partial charge >= 0.3 is 0 Å². The van der Waals surface area contributed by atoms with Crippen LogP contribution in [-0.2, 0) is 23.0 Å². The van der Waals surface area contributed by atoms with Gasteiger partial charge in [0.1, 0.15) is 0 Å². The number of rotatable bonds is 20. The van der Waals surface area contributed by atoms with E-state index in [-0.39, 0.29) is 0 Å². The molecule has 0 aliphatic carbocycles. The number of nitrogens with zero attached hydrogens (tertiary/aromatic N) is 24. The molecular formula is C66H54N24S8. The molecule has 5 aromatic carbocycles. The molecule has 98 heavy (non-hydrogen) atoms. The predicted octanol–water partition coefficient (Wildman–Crippen LogP) is 12.6. The first kappa shape index (κ1) is 62.5. The molecule has 0 saturated heterocycles. The third-order valence-electron chi connectivity index (χ3n) is 16.8. The standard InChI is InChI=1S/C66H54N24S8/c1-39-51(27-67-83(39)47-17-9-5-10-18-47)55-35-95-63-75-71-59(87(63)79-55)91-31-43-25-45(33-93-61-73-77-65-89(61)81-57(37-97-65)53-29-69-85(41(53)3)49-21-13-7-14-22-49)46(34-94-62-74-78-66-90(62)82-58(38-98-66)54-30-70-86(42(54)4)50-23-15-8-16-24-50)26-44(43)32-92-60-72-76-64-88(60)80-56(36-96-64)52-28-68-84(40(52)2)48-19-11-6-12-20-48/h5-30H,31-38H2,1-4H3. The number of para-hydroxylation sites is 4. The zero-order valence-electron chi connectivity index (χ0n) is 52.7. The van der Waals surface area contributed by atoms with Gasteiger partial charge in [0.05, 0.1) is 93.2 Å². The van der Waals surface area contributed by atoms with Crippen LogP contribution in [0, 0.1) is 27.7 Å². The maximum Gasteiger partial charge on any atom is 0.213 e. The first-order valence-electron chi connectivity index (χ1n) is 30.9. The van der Waals surface area contributed by atoms with E-state index in [9.17, 15) is 0 Å². The van der Waals surface area contributed by atoms with Gasteiger partial charge in [0.2, 0.25) is 41.3 Å². The Labute approximate surface area is 594 Å². The molecule has 17 rings (SSSR count). The summed E-state index contributed by atoms with van der Waals surface area (Å²) in [6, 6.07) is 45.3. The topological polar surface area (TPSA) is 244 Å². The average molecular weight is 1440 g/mol. The normalized spacial score (nSPS) is 14.2. The number of thioether (sulfide) groups is 8. The Hall–Kier alpha value is -9.02. The van der Waals surface area contributed by atoms with Crippen LogP contribution < -0.4 is 0 Å². The van der Waals surface area contributed by atoms with Gasteiger partial charge in [-0.2, -0.15) is 59.5 Å². The van der Waals surface area contributed by atoms with E-state index >= 15 is 0 Å². The van der Waals surface area contributed by atoms with Crippen molar-refractivity contribution >= 4 is 117 Å². The molecule has 0 saturated carbocycles. The molecule has 12 heterocycles. The molecule has 0 spiro atoms. The van der Waals surface area contributed by atoms with Gasteiger partial charge < -0.3 is 0 Å². The van der Waals surface area contributed by atoms with Crippen LogP contribution in [0.4, 0.5) is 0 Å². The van der Waals surface area contributed by atoms with Crippen molar-refractivity contribution in [3.63, 3.8) is 0 Å². The molecule has 13 aromatic rings. The summed E-state index contributed by atoms with van der Waals surface area (Å²) in [5, 5.41) is 83.5. The minimum absolute atomic E-state index is 0.535. The van der Waals surface area contributed by atoms with Crippen molar-refractivity contribution in [3.05, 3.63) is 226 Å². The van der Waals surface area contributed by atoms with Gasteiger partial charge in [0.15, 0.2) is 0 Å². The lowest BCUT2D eigenvalue weighted by molar-refractivity contribution is 0.692. The summed E-state index contributed by atoms with van der Waals surface area (Å²) >= 11 is 12.8. The molecule has 0 atom stereocenters. The number of benzene rings is 5. The van der Waals surface area contributed by atoms with Crippen molar-refractivity contribution in [2.24, 2.45) is 20.4 Å². The Morgan fingerprint density at radius 1 is 0.306 bits per heavy atom. The number of fused-ring (bicyclic) bond motifs is 4. The molecule has 0 fully saturated rings. The number of hydrogen-bond donors (Lipinski definition) is 0. The fourth-order valence-corrected chi connectivity index (χ4v) is 18.9. The molecule has 0 N–H and O–H groups in total. The molecule has 8 aromatic heterocycles. The first-order chi connectivity index (χ1) is 48.2. The summed E-state index contributed by atoms with van der Waals surface area (Å²) in [6.07, 6.45) is 7.60. The molecule has 486 valence electrons. The molecule has 4 aliphatic heterocycles. The van der Waals surface area contributed by atoms with Gasteiger partial charge in [-0.15, -0.1) is 40.8 Å². The lowest BCUT2D eigenvalue weighted by Crippen LogP contribution is -2.15. The van der Waals surface area contributed by atoms with E-state index in [1.54, 1.807) is 94.1 Å². The van der Waals surface area contributed by atoms with E-state index in [2.05, 4.69) is 109 Å². The van der Waals surface area contributed by atoms with Crippen molar-refractivity contribution in [1.82, 2.24) is 98.6 Å². The van der Waals surface area contributed by atoms with Crippen LogP contribution >= 0.6 is 94.1 Å². The highest BCUT2D eigenvalue weighted by atomic mass is 32.2. The van der Waals surface area contributed by atoms with Crippen molar-refractivity contribution in [2.45, 2.75) is 92.0 Å². The third-order valence-corrected chi connectivity index (χ3v) is 24.4. The van der Waals surface area contributed by atoms with E-state index in [1.165, 1.54) is 0 Å². The largest absolute Gasteiger partial charge is 0.237 e. The second kappa shape index (κ2) is 27.0. The Bertz CT molecular complexity index is 4660. The molecule has 32 heteroatoms. The zero-order valence-corrected chi connectivity index (χ0v) is 59.2. The molecular weight excluding hydrogens is 1390 g/mol. The lowest BCUT2D eigenvalue weighted by Gasteiger charge is -2.18. The maximum atomic E-state index is 5.23. The molecule has 0 unspecified atom stereocenters. The van der Waals surface area contributed by atoms with Crippen molar-refractivity contribution in [3.8, 4) is 22.7 Å². The quantitative estimate of drug-likeness (QED) is 0.0644. The van der Waals surface area contributed by atoms with E-state index in [1.807, 2.05) is 135 Å². The molecule has 24 nitrogen and oxygen atoms in total. The molecule has 0 radical (unpaired) electrons. The molecule has 0 bridgehead atoms. The Kier molecular flexibility index (Phi) is 17.2. The highest BCUT2D eigenvalue weighted by Crippen LogP contribution is 2.40. The van der Waals surface area contributed by atoms with Crippen LogP contribution in [0.25, 0.3) is 22.7 Å². The minimum Gasteiger partial charge on any atom is -0.237 e. The van der Waals surface area contributed by atoms with Gasteiger partial charge in [-0.1, -0.05) is 179 Å². The Balaban J connectivity index is 0.726. The monoisotopic (exact) mass is 1440 g/mol. The summed E-state index contributed by atoms with van der Waals surface area (Å²) < 4.78 is 15.3. The van der Waals surface area contributed by atoms with E-state index in [0.717, 1.165) is 134 Å². The first-order valence-corrected chi connectivity index (χ1v) is 38.8. The van der Waals surface area contributed by atoms with Gasteiger partial charge in [0, 0.05) is 68.3 Å². The molecule has 0 amide bonds. The van der Waals surface area contributed by atoms with Crippen LogP contribution in [0.15, 0.2) is 220 Å². The van der Waals surface area contributed by atoms with Gasteiger partial charge in [0.25, 0.3) is 0 Å². The number of hydrogen-bond acceptors (Lipinski definition) is 24. The second-order valence-corrected chi connectivity index (χ2v) is 30.3. The van der Waals surface area contributed by atoms with E-state index in [0.29, 0.717) is 66.6 Å². The molecule has 4 aliphatic rings. The van der Waals surface area contributed by atoms with Crippen LogP contribution in [0.1, 0.15) is 67.3 Å². The number of aromatic nitrogens is 20. The maximum absolute atomic E-state index is 5.23. The summed E-state index contributed by atoms with van der Waals surface area (Å²) in [7, 11) is 0. The fraction of sp³-hybridized carbons (Fsp3) is 0.182. The van der Waals surface area contributed by atoms with Crippen LogP contribution in [0.5, 0.6) is 0 Å². The van der Waals surface area contributed by atoms with Crippen molar-refractivity contribution in [1.29, 1.82) is 0 Å². The second-order valence-electron chi connectivity index (χ2n) is 22.8. The summed E-state index contributed by atoms with van der Waals surface area (Å²) in [5.74, 6) is 4.65. The SMILES string of the molecule is Cc1c(C2=Nn3c(nnc3SCc3cc(CSc4nnc5n4N=C(c4cnn(-c6ccccc6)c4C)CS5)c(CSc4nnc5n4N=C(c4cnn(-c6ccccc6)c4C)CS5)cc3CSc3nnc4n3N=C(c3cnn(-c5ccccc5)c3C)CS4)SC2)cnn1-c1ccccc1. The van der Waals surface area contributed by atoms with Crippen LogP contribution in [0.3, 0.4) is 0 Å². The van der Waals surface area contributed by atoms with Gasteiger partial charge in [-0.3, -0.25) is 0 Å². The summed E-state index contributed by atoms with van der Waals surface area (Å²) in [6.45, 7) is 8.33. The van der Waals surface area contributed by atoms with Gasteiger partial charge in [-0.05, 0) is 98.5 Å². The predicted molar refractivity (Wildman–Crippen MR) is 389 cm³/mol. The minimum atomic E-state index is 0.535. The lowest BCUT2D eigenvalue weighted by atomic mass is 10.0.